The molecule has 0 saturated heterocycles. The summed E-state index contributed by atoms with van der Waals surface area (Å²) < 4.78 is 0. The molecule has 1 N–H and O–H groups in total. The smallest absolute Gasteiger partial charge is 0.300 e. The van der Waals surface area contributed by atoms with Crippen LogP contribution in [0.15, 0.2) is 30.3 Å². The first-order valence-corrected chi connectivity index (χ1v) is 3.99. The number of aliphatic carboxylic acids is 1. The molecular weight excluding hydrogens is 176 g/mol. The van der Waals surface area contributed by atoms with Gasteiger partial charge in [-0.05, 0) is 5.56 Å². The number of carboxylic acid groups (broad SMARTS) is 1. The van der Waals surface area contributed by atoms with Crippen LogP contribution in [-0.4, -0.2) is 11.1 Å². The van der Waals surface area contributed by atoms with Crippen molar-refractivity contribution in [1.29, 1.82) is 0 Å². The lowest BCUT2D eigenvalue weighted by Crippen LogP contribution is -1.78. The molecule has 0 aliphatic carbocycles. The summed E-state index contributed by atoms with van der Waals surface area (Å²) in [5.74, 6) is -0.221. The summed E-state index contributed by atoms with van der Waals surface area (Å²) in [6.07, 6.45) is 0. The Kier molecular flexibility index (Phi) is 6.11. The van der Waals surface area contributed by atoms with E-state index in [-0.39, 0.29) is 0 Å². The molecule has 66 valence electrons. The molecule has 1 aromatic rings. The summed E-state index contributed by atoms with van der Waals surface area (Å²) in [6, 6.07) is 9.96. The summed E-state index contributed by atoms with van der Waals surface area (Å²) in [4.78, 5) is 9.00. The van der Waals surface area contributed by atoms with Crippen LogP contribution in [0.25, 0.3) is 0 Å². The standard InChI is InChI=1S/C7H7Cl.C2H4O2/c8-6-7-4-2-1-3-5-7;1-2(3)4/h1-5H,6H2;1H3,(H,3,4). The molecule has 0 aromatic heterocycles. The third kappa shape index (κ3) is 7.09. The first-order valence-electron chi connectivity index (χ1n) is 3.46. The molecule has 0 aliphatic rings. The predicted octanol–water partition coefficient (Wildman–Crippen LogP) is 2.52. The van der Waals surface area contributed by atoms with E-state index in [9.17, 15) is 0 Å². The summed E-state index contributed by atoms with van der Waals surface area (Å²) in [5, 5.41) is 7.42. The van der Waals surface area contributed by atoms with Gasteiger partial charge in [0.2, 0.25) is 0 Å². The molecule has 0 radical (unpaired) electrons. The van der Waals surface area contributed by atoms with E-state index < -0.39 is 5.97 Å². The number of hydrogen-bond acceptors (Lipinski definition) is 1. The van der Waals surface area contributed by atoms with Crippen molar-refractivity contribution in [2.75, 3.05) is 0 Å². The minimum Gasteiger partial charge on any atom is -0.481 e. The van der Waals surface area contributed by atoms with Crippen molar-refractivity contribution in [3.05, 3.63) is 35.9 Å². The van der Waals surface area contributed by atoms with Crippen LogP contribution < -0.4 is 0 Å². The molecule has 1 rings (SSSR count). The van der Waals surface area contributed by atoms with E-state index in [4.69, 9.17) is 21.5 Å². The SMILES string of the molecule is CC(=O)O.ClCc1ccccc1. The zero-order chi connectivity index (χ0) is 9.40. The Morgan fingerprint density at radius 1 is 1.42 bits per heavy atom. The van der Waals surface area contributed by atoms with Crippen LogP contribution in [0.3, 0.4) is 0 Å². The van der Waals surface area contributed by atoms with Crippen LogP contribution in [0.5, 0.6) is 0 Å². The Morgan fingerprint density at radius 2 is 1.83 bits per heavy atom. The molecule has 3 heteroatoms. The molecule has 0 unspecified atom stereocenters. The highest BCUT2D eigenvalue weighted by atomic mass is 35.5. The Labute approximate surface area is 76.8 Å². The highest BCUT2D eigenvalue weighted by Crippen LogP contribution is 2.00. The molecule has 0 spiro atoms. The molecule has 0 atom stereocenters. The van der Waals surface area contributed by atoms with Crippen molar-refractivity contribution in [2.24, 2.45) is 0 Å². The van der Waals surface area contributed by atoms with Crippen LogP contribution in [0.4, 0.5) is 0 Å². The quantitative estimate of drug-likeness (QED) is 0.685. The Morgan fingerprint density at radius 3 is 2.08 bits per heavy atom. The Hall–Kier alpha value is -1.02. The van der Waals surface area contributed by atoms with Gasteiger partial charge in [-0.25, -0.2) is 0 Å². The third-order valence-corrected chi connectivity index (χ3v) is 1.31. The fraction of sp³-hybridized carbons (Fsp3) is 0.222. The summed E-state index contributed by atoms with van der Waals surface area (Å²) >= 11 is 5.53. The number of benzene rings is 1. The monoisotopic (exact) mass is 186 g/mol. The van der Waals surface area contributed by atoms with E-state index >= 15 is 0 Å². The van der Waals surface area contributed by atoms with Crippen molar-refractivity contribution in [2.45, 2.75) is 12.8 Å². The molecule has 1 aromatic carbocycles. The highest BCUT2D eigenvalue weighted by Gasteiger charge is 1.81. The Balaban J connectivity index is 0.000000261. The number of alkyl halides is 1. The van der Waals surface area contributed by atoms with Gasteiger partial charge in [0, 0.05) is 12.8 Å². The maximum atomic E-state index is 9.00. The van der Waals surface area contributed by atoms with E-state index in [1.807, 2.05) is 30.3 Å². The van der Waals surface area contributed by atoms with E-state index in [0.717, 1.165) is 6.92 Å². The highest BCUT2D eigenvalue weighted by molar-refractivity contribution is 6.17. The molecular formula is C9H11ClO2. The average molecular weight is 187 g/mol. The maximum Gasteiger partial charge on any atom is 0.300 e. The van der Waals surface area contributed by atoms with E-state index in [1.54, 1.807) is 0 Å². The lowest BCUT2D eigenvalue weighted by atomic mass is 10.2. The van der Waals surface area contributed by atoms with Gasteiger partial charge in [-0.2, -0.15) is 0 Å². The normalized spacial score (nSPS) is 8.17. The first-order chi connectivity index (χ1) is 5.66. The number of halogens is 1. The number of carboxylic acids is 1. The third-order valence-electron chi connectivity index (χ3n) is 0.997. The van der Waals surface area contributed by atoms with Crippen molar-refractivity contribution in [3.8, 4) is 0 Å². The van der Waals surface area contributed by atoms with Gasteiger partial charge in [0.1, 0.15) is 0 Å². The summed E-state index contributed by atoms with van der Waals surface area (Å²) in [5.41, 5.74) is 1.18. The number of hydrogen-bond donors (Lipinski definition) is 1. The second-order valence-corrected chi connectivity index (χ2v) is 2.41. The van der Waals surface area contributed by atoms with Crippen molar-refractivity contribution in [3.63, 3.8) is 0 Å². The minimum atomic E-state index is -0.833. The minimum absolute atomic E-state index is 0.612. The predicted molar refractivity (Wildman–Crippen MR) is 49.3 cm³/mol. The van der Waals surface area contributed by atoms with Gasteiger partial charge in [-0.15, -0.1) is 11.6 Å². The average Bonchev–Trinajstić information content (AvgIpc) is 2.05. The van der Waals surface area contributed by atoms with E-state index in [1.165, 1.54) is 5.56 Å². The van der Waals surface area contributed by atoms with E-state index in [0.29, 0.717) is 5.88 Å². The van der Waals surface area contributed by atoms with Crippen molar-refractivity contribution >= 4 is 17.6 Å². The first kappa shape index (κ1) is 11.0. The molecule has 0 amide bonds. The van der Waals surface area contributed by atoms with Gasteiger partial charge < -0.3 is 5.11 Å². The molecule has 0 aliphatic heterocycles. The lowest BCUT2D eigenvalue weighted by molar-refractivity contribution is -0.134. The van der Waals surface area contributed by atoms with Gasteiger partial charge in [0.15, 0.2) is 0 Å². The van der Waals surface area contributed by atoms with Crippen molar-refractivity contribution < 1.29 is 9.90 Å². The second-order valence-electron chi connectivity index (χ2n) is 2.14. The molecule has 2 nitrogen and oxygen atoms in total. The molecule has 0 bridgehead atoms. The van der Waals surface area contributed by atoms with Crippen LogP contribution in [0, 0.1) is 0 Å². The van der Waals surface area contributed by atoms with E-state index in [2.05, 4.69) is 0 Å². The van der Waals surface area contributed by atoms with Gasteiger partial charge >= 0.3 is 0 Å². The zero-order valence-corrected chi connectivity index (χ0v) is 7.58. The largest absolute Gasteiger partial charge is 0.481 e. The fourth-order valence-corrected chi connectivity index (χ4v) is 0.745. The van der Waals surface area contributed by atoms with Crippen molar-refractivity contribution in [1.82, 2.24) is 0 Å². The molecule has 0 fully saturated rings. The van der Waals surface area contributed by atoms with Gasteiger partial charge in [0.25, 0.3) is 5.97 Å². The maximum absolute atomic E-state index is 9.00. The van der Waals surface area contributed by atoms with Gasteiger partial charge in [-0.1, -0.05) is 30.3 Å². The summed E-state index contributed by atoms with van der Waals surface area (Å²) in [7, 11) is 0. The topological polar surface area (TPSA) is 37.3 Å². The molecule has 0 heterocycles. The number of rotatable bonds is 1. The zero-order valence-electron chi connectivity index (χ0n) is 6.83. The van der Waals surface area contributed by atoms with Crippen LogP contribution in [0.1, 0.15) is 12.5 Å². The Bertz CT molecular complexity index is 217. The second kappa shape index (κ2) is 6.68. The summed E-state index contributed by atoms with van der Waals surface area (Å²) in [6.45, 7) is 1.08. The van der Waals surface area contributed by atoms with Gasteiger partial charge in [-0.3, -0.25) is 4.79 Å². The van der Waals surface area contributed by atoms with Crippen LogP contribution in [-0.2, 0) is 10.7 Å². The van der Waals surface area contributed by atoms with Gasteiger partial charge in [0.05, 0.1) is 0 Å². The lowest BCUT2D eigenvalue weighted by Gasteiger charge is -1.88. The number of carbonyl (C=O) groups is 1. The van der Waals surface area contributed by atoms with Crippen LogP contribution >= 0.6 is 11.6 Å². The molecule has 12 heavy (non-hydrogen) atoms. The fourth-order valence-electron chi connectivity index (χ4n) is 0.567. The van der Waals surface area contributed by atoms with Crippen LogP contribution in [0.2, 0.25) is 0 Å². The molecule has 0 saturated carbocycles.